The Kier molecular flexibility index (Phi) is 4.16. The Labute approximate surface area is 159 Å². The quantitative estimate of drug-likeness (QED) is 0.872. The number of rotatable bonds is 3. The SMILES string of the molecule is O=C(Nc1cccc(-c2ncc3n2CCCC3)c1)NC1CC12CCOCC2. The maximum atomic E-state index is 12.4. The van der Waals surface area contributed by atoms with Crippen LogP contribution in [0.1, 0.15) is 37.8 Å². The van der Waals surface area contributed by atoms with Crippen LogP contribution in [0.5, 0.6) is 0 Å². The van der Waals surface area contributed by atoms with Crippen LogP contribution >= 0.6 is 0 Å². The largest absolute Gasteiger partial charge is 0.381 e. The molecule has 3 aliphatic rings. The van der Waals surface area contributed by atoms with E-state index in [9.17, 15) is 4.79 Å². The second-order valence-corrected chi connectivity index (χ2v) is 8.09. The second-order valence-electron chi connectivity index (χ2n) is 8.09. The van der Waals surface area contributed by atoms with E-state index in [0.29, 0.717) is 0 Å². The van der Waals surface area contributed by atoms with E-state index in [4.69, 9.17) is 4.74 Å². The highest BCUT2D eigenvalue weighted by atomic mass is 16.5. The van der Waals surface area contributed by atoms with Gasteiger partial charge in [0.05, 0.1) is 0 Å². The van der Waals surface area contributed by atoms with Crippen LogP contribution in [0.3, 0.4) is 0 Å². The van der Waals surface area contributed by atoms with Crippen molar-refractivity contribution in [2.75, 3.05) is 18.5 Å². The van der Waals surface area contributed by atoms with Crippen molar-refractivity contribution >= 4 is 11.7 Å². The number of urea groups is 1. The smallest absolute Gasteiger partial charge is 0.319 e. The van der Waals surface area contributed by atoms with Gasteiger partial charge >= 0.3 is 6.03 Å². The molecule has 1 aliphatic carbocycles. The summed E-state index contributed by atoms with van der Waals surface area (Å²) in [7, 11) is 0. The lowest BCUT2D eigenvalue weighted by Crippen LogP contribution is -2.35. The number of carbonyl (C=O) groups excluding carboxylic acids is 1. The minimum atomic E-state index is -0.120. The molecule has 1 spiro atoms. The number of hydrogen-bond acceptors (Lipinski definition) is 3. The van der Waals surface area contributed by atoms with Crippen LogP contribution in [-0.4, -0.2) is 34.8 Å². The van der Waals surface area contributed by atoms with Gasteiger partial charge in [-0.2, -0.15) is 0 Å². The standard InChI is InChI=1S/C21H26N4O2/c26-20(24-18-13-21(18)7-10-27-11-8-21)23-16-5-3-4-15(12-16)19-22-14-17-6-1-2-9-25(17)19/h3-5,12,14,18H,1-2,6-11,13H2,(H2,23,24,26). The molecule has 6 heteroatoms. The lowest BCUT2D eigenvalue weighted by Gasteiger charge is -2.23. The van der Waals surface area contributed by atoms with Gasteiger partial charge in [-0.3, -0.25) is 0 Å². The van der Waals surface area contributed by atoms with Crippen molar-refractivity contribution in [1.82, 2.24) is 14.9 Å². The molecular weight excluding hydrogens is 340 g/mol. The molecule has 2 fully saturated rings. The molecule has 2 amide bonds. The van der Waals surface area contributed by atoms with Gasteiger partial charge in [-0.1, -0.05) is 12.1 Å². The van der Waals surface area contributed by atoms with E-state index < -0.39 is 0 Å². The summed E-state index contributed by atoms with van der Waals surface area (Å²) in [5.41, 5.74) is 3.45. The van der Waals surface area contributed by atoms with Gasteiger partial charge < -0.3 is 19.9 Å². The fourth-order valence-electron chi connectivity index (χ4n) is 4.61. The normalized spacial score (nSPS) is 22.9. The molecule has 2 aromatic rings. The predicted molar refractivity (Wildman–Crippen MR) is 104 cm³/mol. The Morgan fingerprint density at radius 3 is 3.04 bits per heavy atom. The minimum absolute atomic E-state index is 0.120. The maximum absolute atomic E-state index is 12.4. The second kappa shape index (κ2) is 6.68. The third-order valence-electron chi connectivity index (χ3n) is 6.37. The van der Waals surface area contributed by atoms with Gasteiger partial charge in [0.1, 0.15) is 5.82 Å². The van der Waals surface area contributed by atoms with Gasteiger partial charge in [0.15, 0.2) is 0 Å². The summed E-state index contributed by atoms with van der Waals surface area (Å²) in [6, 6.07) is 8.15. The number of fused-ring (bicyclic) bond motifs is 1. The Bertz CT molecular complexity index is 854. The van der Waals surface area contributed by atoms with Crippen molar-refractivity contribution in [2.24, 2.45) is 5.41 Å². The monoisotopic (exact) mass is 366 g/mol. The molecular formula is C21H26N4O2. The van der Waals surface area contributed by atoms with Crippen molar-refractivity contribution in [3.05, 3.63) is 36.2 Å². The fourth-order valence-corrected chi connectivity index (χ4v) is 4.61. The zero-order valence-electron chi connectivity index (χ0n) is 15.5. The van der Waals surface area contributed by atoms with Crippen molar-refractivity contribution in [3.8, 4) is 11.4 Å². The molecule has 1 saturated carbocycles. The number of anilines is 1. The van der Waals surface area contributed by atoms with Crippen molar-refractivity contribution < 1.29 is 9.53 Å². The van der Waals surface area contributed by atoms with Crippen LogP contribution in [0.25, 0.3) is 11.4 Å². The number of nitrogens with zero attached hydrogens (tertiary/aromatic N) is 2. The molecule has 2 aliphatic heterocycles. The molecule has 2 N–H and O–H groups in total. The first kappa shape index (κ1) is 16.8. The molecule has 3 heterocycles. The van der Waals surface area contributed by atoms with E-state index in [1.165, 1.54) is 18.5 Å². The molecule has 0 radical (unpaired) electrons. The van der Waals surface area contributed by atoms with Crippen molar-refractivity contribution in [1.29, 1.82) is 0 Å². The number of ether oxygens (including phenoxy) is 1. The summed E-state index contributed by atoms with van der Waals surface area (Å²) >= 11 is 0. The van der Waals surface area contributed by atoms with Crippen LogP contribution in [0.2, 0.25) is 0 Å². The van der Waals surface area contributed by atoms with Gasteiger partial charge in [0.25, 0.3) is 0 Å². The minimum Gasteiger partial charge on any atom is -0.381 e. The summed E-state index contributed by atoms with van der Waals surface area (Å²) in [5.74, 6) is 0.997. The number of nitrogens with one attached hydrogen (secondary N) is 2. The van der Waals surface area contributed by atoms with Crippen LogP contribution < -0.4 is 10.6 Å². The van der Waals surface area contributed by atoms with Crippen molar-refractivity contribution in [2.45, 2.75) is 51.1 Å². The van der Waals surface area contributed by atoms with E-state index in [1.807, 2.05) is 24.4 Å². The summed E-state index contributed by atoms with van der Waals surface area (Å²) < 4.78 is 7.75. The molecule has 1 saturated heterocycles. The zero-order valence-corrected chi connectivity index (χ0v) is 15.5. The average molecular weight is 366 g/mol. The lowest BCUT2D eigenvalue weighted by atomic mass is 9.96. The first-order chi connectivity index (χ1) is 13.2. The highest BCUT2D eigenvalue weighted by Gasteiger charge is 2.55. The molecule has 142 valence electrons. The van der Waals surface area contributed by atoms with Crippen LogP contribution in [0.15, 0.2) is 30.5 Å². The van der Waals surface area contributed by atoms with E-state index >= 15 is 0 Å². The molecule has 1 aromatic heterocycles. The average Bonchev–Trinajstić information content (AvgIpc) is 3.14. The Morgan fingerprint density at radius 1 is 1.26 bits per heavy atom. The molecule has 6 nitrogen and oxygen atoms in total. The van der Waals surface area contributed by atoms with E-state index in [1.54, 1.807) is 0 Å². The summed E-state index contributed by atoms with van der Waals surface area (Å²) in [6.45, 7) is 2.66. The lowest BCUT2D eigenvalue weighted by molar-refractivity contribution is 0.0548. The summed E-state index contributed by atoms with van der Waals surface area (Å²) in [4.78, 5) is 17.1. The first-order valence-electron chi connectivity index (χ1n) is 10.0. The van der Waals surface area contributed by atoms with E-state index in [2.05, 4.69) is 26.3 Å². The Balaban J connectivity index is 1.26. The number of carbonyl (C=O) groups is 1. The zero-order chi connectivity index (χ0) is 18.3. The number of imidazole rings is 1. The summed E-state index contributed by atoms with van der Waals surface area (Å²) in [5, 5.41) is 6.14. The van der Waals surface area contributed by atoms with Gasteiger partial charge in [-0.25, -0.2) is 9.78 Å². The summed E-state index contributed by atoms with van der Waals surface area (Å²) in [6.07, 6.45) is 8.71. The third-order valence-corrected chi connectivity index (χ3v) is 6.37. The topological polar surface area (TPSA) is 68.2 Å². The fraction of sp³-hybridized carbons (Fsp3) is 0.524. The number of aromatic nitrogens is 2. The highest BCUT2D eigenvalue weighted by molar-refractivity contribution is 5.90. The number of benzene rings is 1. The maximum Gasteiger partial charge on any atom is 0.319 e. The van der Waals surface area contributed by atoms with Gasteiger partial charge in [-0.05, 0) is 56.1 Å². The van der Waals surface area contributed by atoms with Gasteiger partial charge in [0, 0.05) is 48.9 Å². The van der Waals surface area contributed by atoms with Gasteiger partial charge in [0.2, 0.25) is 0 Å². The Hall–Kier alpha value is -2.34. The van der Waals surface area contributed by atoms with E-state index in [0.717, 1.165) is 62.5 Å². The molecule has 0 bridgehead atoms. The number of amides is 2. The van der Waals surface area contributed by atoms with Crippen LogP contribution in [-0.2, 0) is 17.7 Å². The number of hydrogen-bond donors (Lipinski definition) is 2. The first-order valence-corrected chi connectivity index (χ1v) is 10.0. The molecule has 27 heavy (non-hydrogen) atoms. The Morgan fingerprint density at radius 2 is 2.15 bits per heavy atom. The van der Waals surface area contributed by atoms with Crippen LogP contribution in [0.4, 0.5) is 10.5 Å². The van der Waals surface area contributed by atoms with Crippen molar-refractivity contribution in [3.63, 3.8) is 0 Å². The third kappa shape index (κ3) is 3.23. The predicted octanol–water partition coefficient (Wildman–Crippen LogP) is 3.58. The van der Waals surface area contributed by atoms with E-state index in [-0.39, 0.29) is 17.5 Å². The highest BCUT2D eigenvalue weighted by Crippen LogP contribution is 2.53. The molecule has 1 unspecified atom stereocenters. The van der Waals surface area contributed by atoms with Gasteiger partial charge in [-0.15, -0.1) is 0 Å². The number of aryl methyl sites for hydroxylation is 1. The molecule has 1 aromatic carbocycles. The van der Waals surface area contributed by atoms with Crippen LogP contribution in [0, 0.1) is 5.41 Å². The molecule has 1 atom stereocenters. The molecule has 5 rings (SSSR count).